The lowest BCUT2D eigenvalue weighted by atomic mass is 10.1. The zero-order valence-electron chi connectivity index (χ0n) is 9.26. The minimum atomic E-state index is 0.775. The molecule has 1 aromatic rings. The molecule has 3 heteroatoms. The van der Waals surface area contributed by atoms with E-state index in [1.54, 1.807) is 0 Å². The molecule has 14 heavy (non-hydrogen) atoms. The summed E-state index contributed by atoms with van der Waals surface area (Å²) in [5.41, 5.74) is 3.40. The van der Waals surface area contributed by atoms with Crippen LogP contribution in [-0.4, -0.2) is 10.8 Å². The standard InChI is InChI=1S/C9H11N3.C2H6/c1-6-9-8(3-4-10-6)5-11-7(2)12-9;1-2/h3-4H,5H2,1-2H3,(H,11,12);1-2H3. The van der Waals surface area contributed by atoms with E-state index in [1.165, 1.54) is 5.56 Å². The molecule has 0 bridgehead atoms. The van der Waals surface area contributed by atoms with Crippen molar-refractivity contribution in [3.05, 3.63) is 23.5 Å². The summed E-state index contributed by atoms with van der Waals surface area (Å²) < 4.78 is 0. The van der Waals surface area contributed by atoms with Crippen LogP contribution in [0.15, 0.2) is 17.3 Å². The highest BCUT2D eigenvalue weighted by Crippen LogP contribution is 2.22. The van der Waals surface area contributed by atoms with Crippen molar-refractivity contribution in [1.82, 2.24) is 4.98 Å². The third-order valence-electron chi connectivity index (χ3n) is 2.02. The molecule has 3 nitrogen and oxygen atoms in total. The number of amidine groups is 1. The Bertz CT molecular complexity index is 342. The van der Waals surface area contributed by atoms with E-state index in [0.717, 1.165) is 23.8 Å². The highest BCUT2D eigenvalue weighted by atomic mass is 15.0. The first kappa shape index (κ1) is 10.7. The molecule has 1 N–H and O–H groups in total. The maximum atomic E-state index is 4.29. The molecule has 0 aromatic carbocycles. The van der Waals surface area contributed by atoms with E-state index in [-0.39, 0.29) is 0 Å². The van der Waals surface area contributed by atoms with Crippen molar-refractivity contribution in [2.24, 2.45) is 4.99 Å². The lowest BCUT2D eigenvalue weighted by Crippen LogP contribution is -2.15. The molecule has 0 unspecified atom stereocenters. The molecular formula is C11H17N3. The van der Waals surface area contributed by atoms with Crippen molar-refractivity contribution in [3.63, 3.8) is 0 Å². The van der Waals surface area contributed by atoms with Gasteiger partial charge in [0.1, 0.15) is 0 Å². The molecule has 1 aliphatic rings. The van der Waals surface area contributed by atoms with E-state index in [0.29, 0.717) is 0 Å². The normalized spacial score (nSPS) is 13.0. The van der Waals surface area contributed by atoms with Gasteiger partial charge in [0, 0.05) is 11.8 Å². The molecule has 2 heterocycles. The van der Waals surface area contributed by atoms with Crippen molar-refractivity contribution < 1.29 is 0 Å². The topological polar surface area (TPSA) is 37.3 Å². The van der Waals surface area contributed by atoms with Crippen LogP contribution in [-0.2, 0) is 6.54 Å². The van der Waals surface area contributed by atoms with Gasteiger partial charge in [-0.1, -0.05) is 13.8 Å². The molecule has 0 spiro atoms. The lowest BCUT2D eigenvalue weighted by Gasteiger charge is -2.17. The van der Waals surface area contributed by atoms with Crippen LogP contribution in [0.2, 0.25) is 0 Å². The molecular weight excluding hydrogens is 174 g/mol. The van der Waals surface area contributed by atoms with Crippen LogP contribution in [0.4, 0.5) is 5.69 Å². The summed E-state index contributed by atoms with van der Waals surface area (Å²) in [5, 5.41) is 3.22. The largest absolute Gasteiger partial charge is 0.343 e. The Morgan fingerprint density at radius 2 is 2.00 bits per heavy atom. The summed E-state index contributed by atoms with van der Waals surface area (Å²) in [6.07, 6.45) is 1.83. The number of rotatable bonds is 0. The Labute approximate surface area is 85.3 Å². The molecule has 0 fully saturated rings. The van der Waals surface area contributed by atoms with Crippen LogP contribution < -0.4 is 5.32 Å². The summed E-state index contributed by atoms with van der Waals surface area (Å²) in [6, 6.07) is 2.01. The smallest absolute Gasteiger partial charge is 0.0980 e. The van der Waals surface area contributed by atoms with Gasteiger partial charge < -0.3 is 5.32 Å². The van der Waals surface area contributed by atoms with Gasteiger partial charge in [-0.05, 0) is 19.9 Å². The highest BCUT2D eigenvalue weighted by molar-refractivity contribution is 5.96. The van der Waals surface area contributed by atoms with Gasteiger partial charge in [0.2, 0.25) is 0 Å². The molecule has 1 aromatic heterocycles. The predicted octanol–water partition coefficient (Wildman–Crippen LogP) is 2.76. The predicted molar refractivity (Wildman–Crippen MR) is 60.8 cm³/mol. The van der Waals surface area contributed by atoms with E-state index in [2.05, 4.69) is 15.3 Å². The van der Waals surface area contributed by atoms with Crippen LogP contribution in [0, 0.1) is 6.92 Å². The fraction of sp³-hybridized carbons (Fsp3) is 0.455. The second-order valence-electron chi connectivity index (χ2n) is 2.96. The van der Waals surface area contributed by atoms with Gasteiger partial charge in [-0.15, -0.1) is 0 Å². The van der Waals surface area contributed by atoms with E-state index < -0.39 is 0 Å². The number of fused-ring (bicyclic) bond motifs is 1. The number of aryl methyl sites for hydroxylation is 1. The van der Waals surface area contributed by atoms with E-state index >= 15 is 0 Å². The quantitative estimate of drug-likeness (QED) is 0.684. The number of pyridine rings is 1. The SMILES string of the molecule is CC.CC1=NCc2ccnc(C)c2N1. The highest BCUT2D eigenvalue weighted by Gasteiger charge is 2.10. The summed E-state index contributed by atoms with van der Waals surface area (Å²) >= 11 is 0. The van der Waals surface area contributed by atoms with Gasteiger partial charge in [-0.3, -0.25) is 9.98 Å². The van der Waals surface area contributed by atoms with Crippen LogP contribution in [0.5, 0.6) is 0 Å². The molecule has 0 saturated carbocycles. The Kier molecular flexibility index (Phi) is 3.63. The molecule has 0 saturated heterocycles. The second kappa shape index (κ2) is 4.74. The number of hydrogen-bond donors (Lipinski definition) is 1. The molecule has 0 amide bonds. The van der Waals surface area contributed by atoms with Gasteiger partial charge in [-0.25, -0.2) is 0 Å². The monoisotopic (exact) mass is 191 g/mol. The average Bonchev–Trinajstić information content (AvgIpc) is 2.22. The maximum absolute atomic E-state index is 4.29. The zero-order chi connectivity index (χ0) is 10.6. The summed E-state index contributed by atoms with van der Waals surface area (Å²) in [4.78, 5) is 8.50. The van der Waals surface area contributed by atoms with E-state index in [4.69, 9.17) is 0 Å². The minimum absolute atomic E-state index is 0.775. The second-order valence-corrected chi connectivity index (χ2v) is 2.96. The van der Waals surface area contributed by atoms with Crippen molar-refractivity contribution in [2.75, 3.05) is 5.32 Å². The zero-order valence-corrected chi connectivity index (χ0v) is 9.26. The maximum Gasteiger partial charge on any atom is 0.0980 e. The number of nitrogens with one attached hydrogen (secondary N) is 1. The first-order valence-electron chi connectivity index (χ1n) is 5.00. The fourth-order valence-electron chi connectivity index (χ4n) is 1.35. The average molecular weight is 191 g/mol. The third kappa shape index (κ3) is 2.10. The summed E-state index contributed by atoms with van der Waals surface area (Å²) in [7, 11) is 0. The van der Waals surface area contributed by atoms with Crippen molar-refractivity contribution in [3.8, 4) is 0 Å². The number of hydrogen-bond acceptors (Lipinski definition) is 3. The molecule has 76 valence electrons. The molecule has 2 rings (SSSR count). The van der Waals surface area contributed by atoms with Crippen LogP contribution in [0.1, 0.15) is 32.0 Å². The Balaban J connectivity index is 0.000000461. The third-order valence-corrected chi connectivity index (χ3v) is 2.02. The van der Waals surface area contributed by atoms with Crippen molar-refractivity contribution in [1.29, 1.82) is 0 Å². The lowest BCUT2D eigenvalue weighted by molar-refractivity contribution is 1.02. The number of nitrogens with zero attached hydrogens (tertiary/aromatic N) is 2. The minimum Gasteiger partial charge on any atom is -0.343 e. The van der Waals surface area contributed by atoms with Crippen LogP contribution >= 0.6 is 0 Å². The number of aromatic nitrogens is 1. The van der Waals surface area contributed by atoms with Gasteiger partial charge in [0.05, 0.1) is 23.8 Å². The Morgan fingerprint density at radius 3 is 2.71 bits per heavy atom. The first-order valence-corrected chi connectivity index (χ1v) is 5.00. The van der Waals surface area contributed by atoms with Crippen molar-refractivity contribution >= 4 is 11.5 Å². The molecule has 0 atom stereocenters. The van der Waals surface area contributed by atoms with Gasteiger partial charge in [0.25, 0.3) is 0 Å². The van der Waals surface area contributed by atoms with E-state index in [1.807, 2.05) is 40.0 Å². The first-order chi connectivity index (χ1) is 6.77. The Morgan fingerprint density at radius 1 is 1.29 bits per heavy atom. The molecule has 1 aliphatic heterocycles. The summed E-state index contributed by atoms with van der Waals surface area (Å²) in [6.45, 7) is 8.75. The van der Waals surface area contributed by atoms with E-state index in [9.17, 15) is 0 Å². The van der Waals surface area contributed by atoms with Crippen LogP contribution in [0.3, 0.4) is 0 Å². The van der Waals surface area contributed by atoms with Gasteiger partial charge >= 0.3 is 0 Å². The molecule has 0 aliphatic carbocycles. The summed E-state index contributed by atoms with van der Waals surface area (Å²) in [5.74, 6) is 0.971. The Hall–Kier alpha value is -1.38. The van der Waals surface area contributed by atoms with Gasteiger partial charge in [0.15, 0.2) is 0 Å². The fourth-order valence-corrected chi connectivity index (χ4v) is 1.35. The van der Waals surface area contributed by atoms with Crippen LogP contribution in [0.25, 0.3) is 0 Å². The number of anilines is 1. The molecule has 0 radical (unpaired) electrons. The number of aliphatic imine (C=N–C) groups is 1. The van der Waals surface area contributed by atoms with Crippen molar-refractivity contribution in [2.45, 2.75) is 34.2 Å². The van der Waals surface area contributed by atoms with Gasteiger partial charge in [-0.2, -0.15) is 0 Å².